The fourth-order valence-electron chi connectivity index (χ4n) is 3.19. The van der Waals surface area contributed by atoms with E-state index in [1.165, 1.54) is 51.6 Å². The Morgan fingerprint density at radius 2 is 2.22 bits per heavy atom. The fourth-order valence-corrected chi connectivity index (χ4v) is 3.19. The molecule has 1 saturated carbocycles. The number of rotatable bonds is 4. The van der Waals surface area contributed by atoms with E-state index < -0.39 is 0 Å². The second kappa shape index (κ2) is 5.94. The minimum atomic E-state index is 0.490. The van der Waals surface area contributed by atoms with Crippen LogP contribution >= 0.6 is 0 Å². The minimum absolute atomic E-state index is 0.490. The van der Waals surface area contributed by atoms with Gasteiger partial charge in [0.1, 0.15) is 0 Å². The third kappa shape index (κ3) is 3.63. The van der Waals surface area contributed by atoms with Gasteiger partial charge in [0.25, 0.3) is 0 Å². The number of likely N-dealkylation sites (tertiary alicyclic amines) is 1. The van der Waals surface area contributed by atoms with Crippen molar-refractivity contribution in [1.82, 2.24) is 10.2 Å². The van der Waals surface area contributed by atoms with Gasteiger partial charge in [-0.15, -0.1) is 0 Å². The molecule has 0 spiro atoms. The van der Waals surface area contributed by atoms with E-state index >= 15 is 0 Å². The van der Waals surface area contributed by atoms with E-state index in [2.05, 4.69) is 29.1 Å². The number of hydrogen-bond donors (Lipinski definition) is 1. The molecule has 1 atom stereocenters. The molecule has 18 heavy (non-hydrogen) atoms. The highest BCUT2D eigenvalue weighted by atomic mass is 15.3. The van der Waals surface area contributed by atoms with Gasteiger partial charge in [0.05, 0.1) is 0 Å². The summed E-state index contributed by atoms with van der Waals surface area (Å²) in [5, 5.41) is 3.56. The van der Waals surface area contributed by atoms with Crippen molar-refractivity contribution < 1.29 is 0 Å². The van der Waals surface area contributed by atoms with Crippen LogP contribution in [0.1, 0.15) is 52.4 Å². The molecule has 0 radical (unpaired) electrons. The Hall–Kier alpha value is -0.730. The normalized spacial score (nSPS) is 29.5. The smallest absolute Gasteiger partial charge is 0.193 e. The highest BCUT2D eigenvalue weighted by Gasteiger charge is 2.32. The minimum Gasteiger partial charge on any atom is -0.356 e. The molecule has 0 bridgehead atoms. The van der Waals surface area contributed by atoms with Crippen LogP contribution < -0.4 is 5.32 Å². The quantitative estimate of drug-likeness (QED) is 0.614. The van der Waals surface area contributed by atoms with E-state index in [0.29, 0.717) is 5.41 Å². The average Bonchev–Trinajstić information content (AvgIpc) is 3.14. The Morgan fingerprint density at radius 1 is 1.44 bits per heavy atom. The molecule has 3 heteroatoms. The van der Waals surface area contributed by atoms with Crippen LogP contribution in [0.3, 0.4) is 0 Å². The first-order valence-corrected chi connectivity index (χ1v) is 7.62. The van der Waals surface area contributed by atoms with Crippen molar-refractivity contribution in [2.45, 2.75) is 52.4 Å². The van der Waals surface area contributed by atoms with Gasteiger partial charge in [0.2, 0.25) is 0 Å². The molecular weight excluding hydrogens is 222 g/mol. The van der Waals surface area contributed by atoms with Crippen molar-refractivity contribution >= 4 is 5.96 Å². The molecule has 0 aromatic carbocycles. The Kier molecular flexibility index (Phi) is 4.52. The van der Waals surface area contributed by atoms with Crippen LogP contribution in [0.2, 0.25) is 0 Å². The van der Waals surface area contributed by atoms with Gasteiger partial charge in [0.15, 0.2) is 5.96 Å². The summed E-state index contributed by atoms with van der Waals surface area (Å²) >= 11 is 0. The van der Waals surface area contributed by atoms with Crippen molar-refractivity contribution in [3.63, 3.8) is 0 Å². The van der Waals surface area contributed by atoms with Crippen LogP contribution in [-0.4, -0.2) is 37.5 Å². The van der Waals surface area contributed by atoms with Crippen LogP contribution in [0.25, 0.3) is 0 Å². The van der Waals surface area contributed by atoms with Gasteiger partial charge in [-0.05, 0) is 43.4 Å². The Morgan fingerprint density at radius 3 is 2.83 bits per heavy atom. The van der Waals surface area contributed by atoms with E-state index in [0.717, 1.165) is 18.4 Å². The maximum atomic E-state index is 4.47. The predicted molar refractivity (Wildman–Crippen MR) is 77.9 cm³/mol. The maximum Gasteiger partial charge on any atom is 0.193 e. The average molecular weight is 251 g/mol. The van der Waals surface area contributed by atoms with E-state index in [9.17, 15) is 0 Å². The number of aliphatic imine (C=N–C) groups is 1. The van der Waals surface area contributed by atoms with Gasteiger partial charge in [-0.3, -0.25) is 4.99 Å². The summed E-state index contributed by atoms with van der Waals surface area (Å²) in [5.74, 6) is 2.04. The first-order valence-electron chi connectivity index (χ1n) is 7.62. The van der Waals surface area contributed by atoms with Crippen molar-refractivity contribution in [1.29, 1.82) is 0 Å². The summed E-state index contributed by atoms with van der Waals surface area (Å²) in [6.45, 7) is 8.20. The lowest BCUT2D eigenvalue weighted by molar-refractivity contribution is 0.142. The zero-order chi connectivity index (χ0) is 13.0. The van der Waals surface area contributed by atoms with Crippen molar-refractivity contribution in [3.05, 3.63) is 0 Å². The van der Waals surface area contributed by atoms with Crippen LogP contribution in [0.15, 0.2) is 4.99 Å². The van der Waals surface area contributed by atoms with Crippen LogP contribution in [-0.2, 0) is 0 Å². The summed E-state index contributed by atoms with van der Waals surface area (Å²) in [6, 6.07) is 0. The lowest BCUT2D eigenvalue weighted by Gasteiger charge is -2.42. The molecule has 1 heterocycles. The van der Waals surface area contributed by atoms with Crippen LogP contribution in [0, 0.1) is 11.3 Å². The molecule has 2 fully saturated rings. The molecule has 2 rings (SSSR count). The van der Waals surface area contributed by atoms with Crippen molar-refractivity contribution in [2.24, 2.45) is 16.3 Å². The molecule has 1 unspecified atom stereocenters. The summed E-state index contributed by atoms with van der Waals surface area (Å²) in [6.07, 6.45) is 8.11. The lowest BCUT2D eigenvalue weighted by atomic mass is 9.78. The summed E-state index contributed by atoms with van der Waals surface area (Å²) in [4.78, 5) is 6.94. The van der Waals surface area contributed by atoms with Gasteiger partial charge in [-0.25, -0.2) is 0 Å². The van der Waals surface area contributed by atoms with E-state index in [-0.39, 0.29) is 0 Å². The van der Waals surface area contributed by atoms with Crippen LogP contribution in [0.5, 0.6) is 0 Å². The summed E-state index contributed by atoms with van der Waals surface area (Å²) in [7, 11) is 1.92. The second-order valence-electron chi connectivity index (χ2n) is 6.46. The number of hydrogen-bond acceptors (Lipinski definition) is 1. The summed E-state index contributed by atoms with van der Waals surface area (Å²) in [5.41, 5.74) is 0.490. The number of nitrogens with zero attached hydrogens (tertiary/aromatic N) is 2. The molecule has 1 saturated heterocycles. The Labute approximate surface area is 112 Å². The second-order valence-corrected chi connectivity index (χ2v) is 6.46. The SMILES string of the molecule is CCCC1(C)CCCN(C(=NC)NCC2CC2)C1. The molecule has 0 aromatic rings. The van der Waals surface area contributed by atoms with Crippen molar-refractivity contribution in [2.75, 3.05) is 26.7 Å². The summed E-state index contributed by atoms with van der Waals surface area (Å²) < 4.78 is 0. The Bertz CT molecular complexity index is 292. The molecule has 0 amide bonds. The first-order chi connectivity index (χ1) is 8.67. The van der Waals surface area contributed by atoms with Crippen molar-refractivity contribution in [3.8, 4) is 0 Å². The van der Waals surface area contributed by atoms with Gasteiger partial charge in [-0.2, -0.15) is 0 Å². The molecule has 1 aliphatic carbocycles. The van der Waals surface area contributed by atoms with Crippen LogP contribution in [0.4, 0.5) is 0 Å². The monoisotopic (exact) mass is 251 g/mol. The van der Waals surface area contributed by atoms with E-state index in [4.69, 9.17) is 0 Å². The highest BCUT2D eigenvalue weighted by molar-refractivity contribution is 5.80. The molecular formula is C15H29N3. The predicted octanol–water partition coefficient (Wildman–Crippen LogP) is 2.87. The maximum absolute atomic E-state index is 4.47. The largest absolute Gasteiger partial charge is 0.356 e. The van der Waals surface area contributed by atoms with Gasteiger partial charge < -0.3 is 10.2 Å². The first kappa shape index (κ1) is 13.7. The molecule has 0 aromatic heterocycles. The molecule has 1 aliphatic heterocycles. The highest BCUT2D eigenvalue weighted by Crippen LogP contribution is 2.34. The lowest BCUT2D eigenvalue weighted by Crippen LogP contribution is -2.50. The zero-order valence-electron chi connectivity index (χ0n) is 12.3. The zero-order valence-corrected chi connectivity index (χ0v) is 12.3. The van der Waals surface area contributed by atoms with Gasteiger partial charge in [-0.1, -0.05) is 20.3 Å². The Balaban J connectivity index is 1.88. The molecule has 2 aliphatic rings. The molecule has 104 valence electrons. The standard InChI is InChI=1S/C15H29N3/c1-4-8-15(2)9-5-10-18(12-15)14(16-3)17-11-13-6-7-13/h13H,4-12H2,1-3H3,(H,16,17). The van der Waals surface area contributed by atoms with E-state index in [1.54, 1.807) is 0 Å². The third-order valence-electron chi connectivity index (χ3n) is 4.39. The number of guanidine groups is 1. The fraction of sp³-hybridized carbons (Fsp3) is 0.933. The van der Waals surface area contributed by atoms with E-state index in [1.807, 2.05) is 7.05 Å². The van der Waals surface area contributed by atoms with Gasteiger partial charge in [0, 0.05) is 26.7 Å². The van der Waals surface area contributed by atoms with Gasteiger partial charge >= 0.3 is 0 Å². The topological polar surface area (TPSA) is 27.6 Å². The molecule has 1 N–H and O–H groups in total. The number of piperidine rings is 1. The third-order valence-corrected chi connectivity index (χ3v) is 4.39. The molecule has 3 nitrogen and oxygen atoms in total. The number of nitrogens with one attached hydrogen (secondary N) is 1.